The van der Waals surface area contributed by atoms with Crippen molar-refractivity contribution in [2.24, 2.45) is 10.4 Å². The first kappa shape index (κ1) is 16.7. The monoisotopic (exact) mass is 334 g/mol. The Kier molecular flexibility index (Phi) is 5.57. The highest BCUT2D eigenvalue weighted by Gasteiger charge is 2.39. The van der Waals surface area contributed by atoms with Crippen molar-refractivity contribution in [2.45, 2.75) is 58.8 Å². The zero-order chi connectivity index (χ0) is 16.1. The van der Waals surface area contributed by atoms with Gasteiger partial charge in [0.1, 0.15) is 0 Å². The Morgan fingerprint density at radius 2 is 2.17 bits per heavy atom. The van der Waals surface area contributed by atoms with Crippen molar-refractivity contribution in [2.75, 3.05) is 26.2 Å². The fourth-order valence-electron chi connectivity index (χ4n) is 4.03. The molecule has 0 amide bonds. The smallest absolute Gasteiger partial charge is 0.193 e. The minimum atomic E-state index is 0.584. The number of aryl methyl sites for hydroxylation is 1. The van der Waals surface area contributed by atoms with Crippen molar-refractivity contribution in [3.63, 3.8) is 0 Å². The Hall–Kier alpha value is -1.10. The third-order valence-electron chi connectivity index (χ3n) is 5.24. The van der Waals surface area contributed by atoms with Gasteiger partial charge in [0, 0.05) is 43.7 Å². The van der Waals surface area contributed by atoms with Crippen LogP contribution in [-0.2, 0) is 6.42 Å². The van der Waals surface area contributed by atoms with E-state index in [1.54, 1.807) is 11.3 Å². The van der Waals surface area contributed by atoms with Crippen LogP contribution in [0.15, 0.2) is 11.2 Å². The Labute approximate surface area is 144 Å². The summed E-state index contributed by atoms with van der Waals surface area (Å²) < 4.78 is 0. The average molecular weight is 335 g/mol. The molecule has 0 radical (unpaired) electrons. The highest BCUT2D eigenvalue weighted by atomic mass is 32.1. The molecule has 128 valence electrons. The van der Waals surface area contributed by atoms with E-state index in [-0.39, 0.29) is 0 Å². The van der Waals surface area contributed by atoms with E-state index in [2.05, 4.69) is 29.0 Å². The lowest BCUT2D eigenvalue weighted by Crippen LogP contribution is -2.41. The molecule has 5 heteroatoms. The van der Waals surface area contributed by atoms with Gasteiger partial charge in [-0.15, -0.1) is 11.3 Å². The number of hydrogen-bond acceptors (Lipinski definition) is 3. The zero-order valence-corrected chi connectivity index (χ0v) is 15.4. The predicted molar refractivity (Wildman–Crippen MR) is 98.2 cm³/mol. The number of hydrogen-bond donors (Lipinski definition) is 1. The summed E-state index contributed by atoms with van der Waals surface area (Å²) in [5.41, 5.74) is 0.584. The molecular formula is C18H30N4S. The molecule has 23 heavy (non-hydrogen) atoms. The van der Waals surface area contributed by atoms with Gasteiger partial charge in [0.2, 0.25) is 0 Å². The van der Waals surface area contributed by atoms with E-state index in [1.165, 1.54) is 61.5 Å². The van der Waals surface area contributed by atoms with Crippen LogP contribution in [0, 0.1) is 12.3 Å². The molecule has 1 aliphatic heterocycles. The quantitative estimate of drug-likeness (QED) is 0.675. The molecule has 1 saturated heterocycles. The van der Waals surface area contributed by atoms with Crippen molar-refractivity contribution in [1.82, 2.24) is 15.2 Å². The van der Waals surface area contributed by atoms with Gasteiger partial charge >= 0.3 is 0 Å². The number of nitrogens with one attached hydrogen (secondary N) is 1. The molecule has 0 aromatic carbocycles. The summed E-state index contributed by atoms with van der Waals surface area (Å²) in [4.78, 5) is 13.1. The van der Waals surface area contributed by atoms with E-state index in [9.17, 15) is 0 Å². The molecule has 2 heterocycles. The van der Waals surface area contributed by atoms with E-state index in [0.29, 0.717) is 5.41 Å². The first-order valence-electron chi connectivity index (χ1n) is 9.15. The highest BCUT2D eigenvalue weighted by Crippen LogP contribution is 2.43. The number of nitrogens with zero attached hydrogens (tertiary/aromatic N) is 3. The van der Waals surface area contributed by atoms with Gasteiger partial charge < -0.3 is 10.2 Å². The van der Waals surface area contributed by atoms with E-state index in [1.807, 2.05) is 6.20 Å². The normalized spacial score (nSPS) is 21.1. The predicted octanol–water partition coefficient (Wildman–Crippen LogP) is 3.62. The van der Waals surface area contributed by atoms with Crippen LogP contribution in [0.25, 0.3) is 0 Å². The molecule has 4 nitrogen and oxygen atoms in total. The average Bonchev–Trinajstić information content (AvgIpc) is 3.14. The fourth-order valence-corrected chi connectivity index (χ4v) is 4.80. The van der Waals surface area contributed by atoms with Crippen LogP contribution in [0.5, 0.6) is 0 Å². The Bertz CT molecular complexity index is 531. The minimum absolute atomic E-state index is 0.584. The Morgan fingerprint density at radius 1 is 1.35 bits per heavy atom. The minimum Gasteiger partial charge on any atom is -0.357 e. The number of likely N-dealkylation sites (tertiary alicyclic amines) is 1. The third-order valence-corrected chi connectivity index (χ3v) is 6.22. The number of thiazole rings is 1. The SMILES string of the molecule is CCNC(=NCCc1ncc(C)s1)N1CCC2(CCCCC2)C1. The van der Waals surface area contributed by atoms with Crippen molar-refractivity contribution in [1.29, 1.82) is 0 Å². The molecule has 0 unspecified atom stereocenters. The number of aromatic nitrogens is 1. The zero-order valence-electron chi connectivity index (χ0n) is 14.6. The first-order chi connectivity index (χ1) is 11.2. The molecule has 0 atom stereocenters. The molecule has 1 aromatic heterocycles. The molecule has 1 aliphatic carbocycles. The summed E-state index contributed by atoms with van der Waals surface area (Å²) in [6.07, 6.45) is 11.4. The van der Waals surface area contributed by atoms with Gasteiger partial charge in [0.05, 0.1) is 5.01 Å². The van der Waals surface area contributed by atoms with Gasteiger partial charge in [0.25, 0.3) is 0 Å². The summed E-state index contributed by atoms with van der Waals surface area (Å²) in [6.45, 7) is 8.42. The van der Waals surface area contributed by atoms with Crippen molar-refractivity contribution in [3.8, 4) is 0 Å². The lowest BCUT2D eigenvalue weighted by molar-refractivity contribution is 0.203. The van der Waals surface area contributed by atoms with Crippen molar-refractivity contribution >= 4 is 17.3 Å². The second-order valence-electron chi connectivity index (χ2n) is 7.08. The van der Waals surface area contributed by atoms with Gasteiger partial charge in [-0.05, 0) is 38.5 Å². The van der Waals surface area contributed by atoms with Gasteiger partial charge in [-0.1, -0.05) is 19.3 Å². The summed E-state index contributed by atoms with van der Waals surface area (Å²) in [5, 5.41) is 4.70. The Morgan fingerprint density at radius 3 is 2.87 bits per heavy atom. The largest absolute Gasteiger partial charge is 0.357 e. The lowest BCUT2D eigenvalue weighted by Gasteiger charge is -2.33. The standard InChI is InChI=1S/C18H30N4S/c1-3-19-17(20-11-7-16-21-13-15(2)23-16)22-12-10-18(14-22)8-5-4-6-9-18/h13H,3-12,14H2,1-2H3,(H,19,20). The van der Waals surface area contributed by atoms with Crippen LogP contribution in [0.1, 0.15) is 55.3 Å². The summed E-state index contributed by atoms with van der Waals surface area (Å²) in [6, 6.07) is 0. The van der Waals surface area contributed by atoms with Crippen LogP contribution in [0.3, 0.4) is 0 Å². The third kappa shape index (κ3) is 4.25. The fraction of sp³-hybridized carbons (Fsp3) is 0.778. The molecule has 1 spiro atoms. The number of rotatable bonds is 4. The maximum Gasteiger partial charge on any atom is 0.193 e. The maximum absolute atomic E-state index is 4.88. The Balaban J connectivity index is 1.58. The van der Waals surface area contributed by atoms with Crippen LogP contribution in [0.4, 0.5) is 0 Å². The second kappa shape index (κ2) is 7.65. The molecular weight excluding hydrogens is 304 g/mol. The topological polar surface area (TPSA) is 40.5 Å². The van der Waals surface area contributed by atoms with E-state index >= 15 is 0 Å². The van der Waals surface area contributed by atoms with Crippen molar-refractivity contribution in [3.05, 3.63) is 16.1 Å². The second-order valence-corrected chi connectivity index (χ2v) is 8.40. The number of guanidine groups is 1. The summed E-state index contributed by atoms with van der Waals surface area (Å²) in [5.74, 6) is 1.11. The molecule has 1 N–H and O–H groups in total. The molecule has 0 bridgehead atoms. The van der Waals surface area contributed by atoms with Gasteiger partial charge in [0.15, 0.2) is 5.96 Å². The van der Waals surface area contributed by atoms with Crippen LogP contribution >= 0.6 is 11.3 Å². The van der Waals surface area contributed by atoms with Crippen LogP contribution in [-0.4, -0.2) is 42.0 Å². The first-order valence-corrected chi connectivity index (χ1v) is 9.97. The highest BCUT2D eigenvalue weighted by molar-refractivity contribution is 7.11. The van der Waals surface area contributed by atoms with Crippen LogP contribution in [0.2, 0.25) is 0 Å². The molecule has 2 fully saturated rings. The van der Waals surface area contributed by atoms with Gasteiger partial charge in [-0.3, -0.25) is 4.99 Å². The van der Waals surface area contributed by atoms with E-state index in [4.69, 9.17) is 4.99 Å². The van der Waals surface area contributed by atoms with E-state index in [0.717, 1.165) is 25.5 Å². The summed E-state index contributed by atoms with van der Waals surface area (Å²) in [7, 11) is 0. The molecule has 3 rings (SSSR count). The van der Waals surface area contributed by atoms with Gasteiger partial charge in [-0.2, -0.15) is 0 Å². The van der Waals surface area contributed by atoms with Crippen molar-refractivity contribution < 1.29 is 0 Å². The number of aliphatic imine (C=N–C) groups is 1. The lowest BCUT2D eigenvalue weighted by atomic mass is 9.73. The summed E-state index contributed by atoms with van der Waals surface area (Å²) >= 11 is 1.79. The molecule has 2 aliphatic rings. The van der Waals surface area contributed by atoms with Gasteiger partial charge in [-0.25, -0.2) is 4.98 Å². The molecule has 1 saturated carbocycles. The maximum atomic E-state index is 4.88. The van der Waals surface area contributed by atoms with E-state index < -0.39 is 0 Å². The molecule has 1 aromatic rings. The van der Waals surface area contributed by atoms with Crippen LogP contribution < -0.4 is 5.32 Å².